The van der Waals surface area contributed by atoms with Crippen molar-refractivity contribution in [1.82, 2.24) is 0 Å². The summed E-state index contributed by atoms with van der Waals surface area (Å²) in [5.41, 5.74) is 1.26. The predicted octanol–water partition coefficient (Wildman–Crippen LogP) is 2.37. The monoisotopic (exact) mass is 288 g/mol. The van der Waals surface area contributed by atoms with E-state index in [9.17, 15) is 8.42 Å². The van der Waals surface area contributed by atoms with Gasteiger partial charge in [-0.25, -0.2) is 8.42 Å². The lowest BCUT2D eigenvalue weighted by Gasteiger charge is -2.10. The molecule has 0 radical (unpaired) electrons. The van der Waals surface area contributed by atoms with E-state index in [0.717, 1.165) is 0 Å². The maximum Gasteiger partial charge on any atom is 0.262 e. The zero-order valence-corrected chi connectivity index (χ0v) is 11.5. The van der Waals surface area contributed by atoms with E-state index in [2.05, 4.69) is 4.72 Å². The molecule has 0 saturated carbocycles. The van der Waals surface area contributed by atoms with Gasteiger partial charge >= 0.3 is 0 Å². The van der Waals surface area contributed by atoms with Gasteiger partial charge in [-0.15, -0.1) is 0 Å². The smallest absolute Gasteiger partial charge is 0.262 e. The first-order valence-electron chi connectivity index (χ1n) is 5.75. The fourth-order valence-corrected chi connectivity index (χ4v) is 3.05. The molecule has 0 bridgehead atoms. The van der Waals surface area contributed by atoms with Crippen LogP contribution < -0.4 is 4.72 Å². The van der Waals surface area contributed by atoms with Gasteiger partial charge in [-0.1, -0.05) is 0 Å². The molecule has 0 unspecified atom stereocenters. The number of hydrogen-bond donors (Lipinski definition) is 2. The SMILES string of the molecule is Cc1cc(C#N)ccc1S(=O)(=O)Nc1ccc(O)cc1. The molecule has 5 nitrogen and oxygen atoms in total. The van der Waals surface area contributed by atoms with Crippen molar-refractivity contribution in [2.24, 2.45) is 0 Å². The molecule has 102 valence electrons. The number of hydrogen-bond acceptors (Lipinski definition) is 4. The van der Waals surface area contributed by atoms with Crippen LogP contribution in [-0.2, 0) is 10.0 Å². The van der Waals surface area contributed by atoms with E-state index in [1.165, 1.54) is 42.5 Å². The number of nitrogens with zero attached hydrogens (tertiary/aromatic N) is 1. The molecule has 0 amide bonds. The number of phenols is 1. The summed E-state index contributed by atoms with van der Waals surface area (Å²) in [6.07, 6.45) is 0. The van der Waals surface area contributed by atoms with Gasteiger partial charge in [0.2, 0.25) is 0 Å². The number of nitrogens with one attached hydrogen (secondary N) is 1. The second kappa shape index (κ2) is 5.23. The van der Waals surface area contributed by atoms with Crippen LogP contribution in [0, 0.1) is 18.3 Å². The molecule has 0 heterocycles. The fraction of sp³-hybridized carbons (Fsp3) is 0.0714. The van der Waals surface area contributed by atoms with Gasteiger partial charge in [-0.2, -0.15) is 5.26 Å². The summed E-state index contributed by atoms with van der Waals surface area (Å²) in [6, 6.07) is 12.0. The van der Waals surface area contributed by atoms with Crippen LogP contribution in [0.5, 0.6) is 5.75 Å². The summed E-state index contributed by atoms with van der Waals surface area (Å²) in [6.45, 7) is 1.63. The van der Waals surface area contributed by atoms with E-state index in [0.29, 0.717) is 16.8 Å². The second-order valence-corrected chi connectivity index (χ2v) is 5.90. The Morgan fingerprint density at radius 2 is 1.80 bits per heavy atom. The first-order valence-corrected chi connectivity index (χ1v) is 7.23. The zero-order valence-electron chi connectivity index (χ0n) is 10.7. The molecule has 0 aliphatic carbocycles. The number of benzene rings is 2. The van der Waals surface area contributed by atoms with Crippen LogP contribution >= 0.6 is 0 Å². The highest BCUT2D eigenvalue weighted by Crippen LogP contribution is 2.21. The van der Waals surface area contributed by atoms with Crippen LogP contribution in [0.4, 0.5) is 5.69 Å². The fourth-order valence-electron chi connectivity index (χ4n) is 1.76. The Morgan fingerprint density at radius 3 is 2.35 bits per heavy atom. The molecular formula is C14H12N2O3S. The molecule has 2 N–H and O–H groups in total. The van der Waals surface area contributed by atoms with Gasteiger partial charge in [-0.3, -0.25) is 4.72 Å². The molecule has 0 aromatic heterocycles. The van der Waals surface area contributed by atoms with Crippen molar-refractivity contribution in [2.45, 2.75) is 11.8 Å². The first kappa shape index (κ1) is 13.9. The summed E-state index contributed by atoms with van der Waals surface area (Å²) >= 11 is 0. The summed E-state index contributed by atoms with van der Waals surface area (Å²) < 4.78 is 26.9. The third kappa shape index (κ3) is 2.90. The summed E-state index contributed by atoms with van der Waals surface area (Å²) in [5, 5.41) is 17.9. The van der Waals surface area contributed by atoms with Crippen molar-refractivity contribution in [1.29, 1.82) is 5.26 Å². The average molecular weight is 288 g/mol. The molecule has 0 spiro atoms. The lowest BCUT2D eigenvalue weighted by atomic mass is 10.2. The van der Waals surface area contributed by atoms with Crippen molar-refractivity contribution < 1.29 is 13.5 Å². The van der Waals surface area contributed by atoms with Gasteiger partial charge in [-0.05, 0) is 55.0 Å². The van der Waals surface area contributed by atoms with E-state index in [1.807, 2.05) is 6.07 Å². The Bertz CT molecular complexity index is 775. The Labute approximate surface area is 117 Å². The van der Waals surface area contributed by atoms with E-state index >= 15 is 0 Å². The van der Waals surface area contributed by atoms with E-state index in [1.54, 1.807) is 6.92 Å². The molecule has 2 aromatic rings. The highest BCUT2D eigenvalue weighted by molar-refractivity contribution is 7.92. The Hall–Kier alpha value is -2.52. The van der Waals surface area contributed by atoms with Gasteiger partial charge in [0.1, 0.15) is 5.75 Å². The molecule has 0 fully saturated rings. The maximum atomic E-state index is 12.3. The molecule has 2 aromatic carbocycles. The molecule has 0 saturated heterocycles. The van der Waals surface area contributed by atoms with Crippen LogP contribution in [-0.4, -0.2) is 13.5 Å². The summed E-state index contributed by atoms with van der Waals surface area (Å²) in [5.74, 6) is 0.0579. The molecule has 0 aliphatic rings. The third-order valence-corrected chi connectivity index (χ3v) is 4.25. The molecule has 2 rings (SSSR count). The zero-order chi connectivity index (χ0) is 14.8. The number of sulfonamides is 1. The number of rotatable bonds is 3. The minimum absolute atomic E-state index is 0.0579. The van der Waals surface area contributed by atoms with Crippen molar-refractivity contribution in [3.63, 3.8) is 0 Å². The minimum atomic E-state index is -3.72. The average Bonchev–Trinajstić information content (AvgIpc) is 2.40. The highest BCUT2D eigenvalue weighted by Gasteiger charge is 2.17. The number of anilines is 1. The quantitative estimate of drug-likeness (QED) is 0.848. The molecule has 20 heavy (non-hydrogen) atoms. The number of phenolic OH excluding ortho intramolecular Hbond substituents is 1. The largest absolute Gasteiger partial charge is 0.508 e. The molecular weight excluding hydrogens is 276 g/mol. The number of aromatic hydroxyl groups is 1. The number of nitriles is 1. The topological polar surface area (TPSA) is 90.2 Å². The molecule has 0 atom stereocenters. The van der Waals surface area contributed by atoms with Gasteiger partial charge < -0.3 is 5.11 Å². The maximum absolute atomic E-state index is 12.3. The lowest BCUT2D eigenvalue weighted by Crippen LogP contribution is -2.14. The first-order chi connectivity index (χ1) is 9.42. The molecule has 6 heteroatoms. The second-order valence-electron chi connectivity index (χ2n) is 4.24. The van der Waals surface area contributed by atoms with E-state index in [4.69, 9.17) is 10.4 Å². The van der Waals surface area contributed by atoms with Crippen LogP contribution in [0.2, 0.25) is 0 Å². The van der Waals surface area contributed by atoms with E-state index in [-0.39, 0.29) is 10.6 Å². The van der Waals surface area contributed by atoms with Crippen molar-refractivity contribution in [3.8, 4) is 11.8 Å². The normalized spacial score (nSPS) is 10.8. The van der Waals surface area contributed by atoms with E-state index < -0.39 is 10.0 Å². The van der Waals surface area contributed by atoms with Gasteiger partial charge in [0.25, 0.3) is 10.0 Å². The van der Waals surface area contributed by atoms with Crippen LogP contribution in [0.15, 0.2) is 47.4 Å². The van der Waals surface area contributed by atoms with Gasteiger partial charge in [0.05, 0.1) is 16.5 Å². The van der Waals surface area contributed by atoms with Crippen LogP contribution in [0.3, 0.4) is 0 Å². The Kier molecular flexibility index (Phi) is 3.63. The highest BCUT2D eigenvalue weighted by atomic mass is 32.2. The van der Waals surface area contributed by atoms with Crippen LogP contribution in [0.25, 0.3) is 0 Å². The van der Waals surface area contributed by atoms with Crippen molar-refractivity contribution in [3.05, 3.63) is 53.6 Å². The predicted molar refractivity (Wildman–Crippen MR) is 74.8 cm³/mol. The third-order valence-electron chi connectivity index (χ3n) is 2.71. The van der Waals surface area contributed by atoms with Gasteiger partial charge in [0.15, 0.2) is 0 Å². The lowest BCUT2D eigenvalue weighted by molar-refractivity contribution is 0.475. The molecule has 0 aliphatic heterocycles. The minimum Gasteiger partial charge on any atom is -0.508 e. The Morgan fingerprint density at radius 1 is 1.15 bits per heavy atom. The Balaban J connectivity index is 2.36. The van der Waals surface area contributed by atoms with Gasteiger partial charge in [0, 0.05) is 5.69 Å². The van der Waals surface area contributed by atoms with Crippen LogP contribution in [0.1, 0.15) is 11.1 Å². The van der Waals surface area contributed by atoms with Crippen molar-refractivity contribution in [2.75, 3.05) is 4.72 Å². The summed E-state index contributed by atoms with van der Waals surface area (Å²) in [7, 11) is -3.72. The van der Waals surface area contributed by atoms with Crippen molar-refractivity contribution >= 4 is 15.7 Å². The standard InChI is InChI=1S/C14H12N2O3S/c1-10-8-11(9-15)2-7-14(10)20(18,19)16-12-3-5-13(17)6-4-12/h2-8,16-17H,1H3. The number of aryl methyl sites for hydroxylation is 1. The summed E-state index contributed by atoms with van der Waals surface area (Å²) in [4.78, 5) is 0.115.